The van der Waals surface area contributed by atoms with E-state index in [1.165, 1.54) is 19.2 Å². The van der Waals surface area contributed by atoms with Crippen molar-refractivity contribution >= 4 is 61.6 Å². The van der Waals surface area contributed by atoms with Crippen LogP contribution in [0.4, 0.5) is 19.0 Å². The van der Waals surface area contributed by atoms with Crippen LogP contribution >= 0.6 is 22.9 Å². The monoisotopic (exact) mass is 687 g/mol. The van der Waals surface area contributed by atoms with Gasteiger partial charge in [0.2, 0.25) is 5.91 Å². The molecule has 45 heavy (non-hydrogen) atoms. The van der Waals surface area contributed by atoms with E-state index >= 15 is 0 Å². The van der Waals surface area contributed by atoms with Crippen molar-refractivity contribution in [3.05, 3.63) is 70.1 Å². The number of carboxylic acids is 1. The average Bonchev–Trinajstić information content (AvgIpc) is 3.71. The van der Waals surface area contributed by atoms with Crippen LogP contribution in [0.3, 0.4) is 0 Å². The van der Waals surface area contributed by atoms with Crippen LogP contribution in [-0.4, -0.2) is 60.6 Å². The summed E-state index contributed by atoms with van der Waals surface area (Å²) in [4.78, 5) is 21.6. The van der Waals surface area contributed by atoms with E-state index < -0.39 is 27.7 Å². The molecule has 1 aliphatic rings. The third-order valence-electron chi connectivity index (χ3n) is 6.89. The summed E-state index contributed by atoms with van der Waals surface area (Å²) in [5.74, 6) is -2.09. The van der Waals surface area contributed by atoms with E-state index in [9.17, 15) is 26.4 Å². The van der Waals surface area contributed by atoms with E-state index in [-0.39, 0.29) is 15.9 Å². The number of halogens is 4. The van der Waals surface area contributed by atoms with Gasteiger partial charge in [-0.3, -0.25) is 14.2 Å². The van der Waals surface area contributed by atoms with E-state index in [0.29, 0.717) is 34.1 Å². The van der Waals surface area contributed by atoms with Gasteiger partial charge in [0.15, 0.2) is 5.82 Å². The van der Waals surface area contributed by atoms with E-state index in [0.717, 1.165) is 41.9 Å². The Kier molecular flexibility index (Phi) is 10.3. The standard InChI is InChI=1S/C26H28ClN5O4S2.C2HF3O2/c1-26(12-5-13-29-26)25(33)28-15-17-6-3-7-18(14-17)16-32-19-8-4-9-20(36-2)23(19)24(30-32)31-38(34,35)22-11-10-21(27)37-22;3-2(4,5)1(6)7/h3-4,6-11,14,29H,5,12-13,15-16H2,1-2H3,(H,28,33)(H,30,31);(H,6,7)/t26-;/m0./s1. The van der Waals surface area contributed by atoms with Crippen LogP contribution in [0.2, 0.25) is 4.34 Å². The van der Waals surface area contributed by atoms with Crippen molar-refractivity contribution in [1.82, 2.24) is 20.4 Å². The molecule has 1 saturated heterocycles. The Morgan fingerprint density at radius 2 is 1.87 bits per heavy atom. The number of alkyl halides is 3. The molecule has 0 radical (unpaired) electrons. The smallest absolute Gasteiger partial charge is 0.490 e. The van der Waals surface area contributed by atoms with Crippen LogP contribution in [0.15, 0.2) is 58.8 Å². The van der Waals surface area contributed by atoms with Gasteiger partial charge in [-0.05, 0) is 61.7 Å². The zero-order valence-corrected chi connectivity index (χ0v) is 26.3. The average molecular weight is 688 g/mol. The van der Waals surface area contributed by atoms with Gasteiger partial charge in [-0.2, -0.15) is 18.3 Å². The van der Waals surface area contributed by atoms with Gasteiger partial charge in [0.1, 0.15) is 9.96 Å². The van der Waals surface area contributed by atoms with Crippen molar-refractivity contribution in [2.45, 2.75) is 48.8 Å². The number of aromatic nitrogens is 2. The van der Waals surface area contributed by atoms with Crippen molar-refractivity contribution in [3.8, 4) is 5.75 Å². The van der Waals surface area contributed by atoms with Gasteiger partial charge in [0.25, 0.3) is 10.0 Å². The fourth-order valence-corrected chi connectivity index (χ4v) is 7.15. The maximum Gasteiger partial charge on any atom is 0.490 e. The third-order valence-corrected chi connectivity index (χ3v) is 9.96. The van der Waals surface area contributed by atoms with E-state index in [2.05, 4.69) is 20.5 Å². The Bertz CT molecular complexity index is 1800. The second-order valence-electron chi connectivity index (χ2n) is 10.2. The highest BCUT2D eigenvalue weighted by atomic mass is 35.5. The van der Waals surface area contributed by atoms with Crippen LogP contribution in [-0.2, 0) is 32.7 Å². The molecule has 4 aromatic rings. The summed E-state index contributed by atoms with van der Waals surface area (Å²) in [6.45, 7) is 3.58. The highest BCUT2D eigenvalue weighted by Crippen LogP contribution is 2.35. The molecular formula is C28H29ClF3N5O6S2. The van der Waals surface area contributed by atoms with E-state index in [1.54, 1.807) is 10.7 Å². The highest BCUT2D eigenvalue weighted by molar-refractivity contribution is 7.94. The fraction of sp³-hybridized carbons (Fsp3) is 0.321. The maximum atomic E-state index is 13.0. The summed E-state index contributed by atoms with van der Waals surface area (Å²) < 4.78 is 68.1. The Morgan fingerprint density at radius 1 is 1.18 bits per heavy atom. The predicted molar refractivity (Wildman–Crippen MR) is 163 cm³/mol. The van der Waals surface area contributed by atoms with Crippen molar-refractivity contribution in [2.24, 2.45) is 0 Å². The number of carboxylic acid groups (broad SMARTS) is 1. The van der Waals surface area contributed by atoms with Gasteiger partial charge >= 0.3 is 12.1 Å². The summed E-state index contributed by atoms with van der Waals surface area (Å²) in [5.41, 5.74) is 2.10. The zero-order chi connectivity index (χ0) is 33.0. The molecule has 5 rings (SSSR count). The predicted octanol–water partition coefficient (Wildman–Crippen LogP) is 5.00. The van der Waals surface area contributed by atoms with Crippen molar-refractivity contribution in [3.63, 3.8) is 0 Å². The minimum Gasteiger partial charge on any atom is -0.496 e. The number of aliphatic carboxylic acids is 1. The molecule has 0 unspecified atom stereocenters. The van der Waals surface area contributed by atoms with Gasteiger partial charge in [-0.25, -0.2) is 13.2 Å². The summed E-state index contributed by atoms with van der Waals surface area (Å²) in [7, 11) is -2.37. The fourth-order valence-electron chi connectivity index (χ4n) is 4.66. The number of anilines is 1. The summed E-state index contributed by atoms with van der Waals surface area (Å²) in [6.07, 6.45) is -3.28. The normalized spacial score (nSPS) is 16.6. The van der Waals surface area contributed by atoms with Gasteiger partial charge in [0.05, 0.1) is 34.4 Å². The first-order valence-electron chi connectivity index (χ1n) is 13.4. The molecule has 1 fully saturated rings. The lowest BCUT2D eigenvalue weighted by Gasteiger charge is -2.23. The van der Waals surface area contributed by atoms with Crippen LogP contribution in [0.5, 0.6) is 5.75 Å². The first-order valence-corrected chi connectivity index (χ1v) is 16.0. The Balaban J connectivity index is 0.000000591. The number of hydrogen-bond acceptors (Lipinski definition) is 8. The Morgan fingerprint density at radius 3 is 2.47 bits per heavy atom. The Labute approximate surface area is 265 Å². The highest BCUT2D eigenvalue weighted by Gasteiger charge is 2.38. The van der Waals surface area contributed by atoms with Crippen LogP contribution < -0.4 is 20.1 Å². The molecule has 2 aromatic heterocycles. The number of benzene rings is 2. The minimum atomic E-state index is -5.08. The molecule has 0 bridgehead atoms. The second kappa shape index (κ2) is 13.6. The molecule has 0 spiro atoms. The van der Waals surface area contributed by atoms with E-state index in [1.807, 2.05) is 43.3 Å². The lowest BCUT2D eigenvalue weighted by Crippen LogP contribution is -2.50. The molecule has 242 valence electrons. The van der Waals surface area contributed by atoms with Gasteiger partial charge in [-0.1, -0.05) is 41.9 Å². The molecule has 3 heterocycles. The number of methoxy groups -OCH3 is 1. The van der Waals surface area contributed by atoms with Crippen LogP contribution in [0.25, 0.3) is 10.9 Å². The molecule has 0 aliphatic carbocycles. The number of carbonyl (C=O) groups is 2. The molecule has 0 saturated carbocycles. The summed E-state index contributed by atoms with van der Waals surface area (Å²) in [5, 5.41) is 18.6. The topological polar surface area (TPSA) is 152 Å². The number of ether oxygens (including phenoxy) is 1. The molecule has 1 atom stereocenters. The number of fused-ring (bicyclic) bond motifs is 1. The van der Waals surface area contributed by atoms with Gasteiger partial charge in [0, 0.05) is 6.54 Å². The van der Waals surface area contributed by atoms with Crippen LogP contribution in [0, 0.1) is 0 Å². The molecule has 17 heteroatoms. The largest absolute Gasteiger partial charge is 0.496 e. The lowest BCUT2D eigenvalue weighted by molar-refractivity contribution is -0.192. The molecular weight excluding hydrogens is 659 g/mol. The lowest BCUT2D eigenvalue weighted by atomic mass is 9.99. The third kappa shape index (κ3) is 8.25. The van der Waals surface area contributed by atoms with Crippen LogP contribution in [0.1, 0.15) is 30.9 Å². The number of rotatable bonds is 9. The number of carbonyl (C=O) groups excluding carboxylic acids is 1. The number of thiophene rings is 1. The van der Waals surface area contributed by atoms with Crippen molar-refractivity contribution in [2.75, 3.05) is 18.4 Å². The number of nitrogens with zero attached hydrogens (tertiary/aromatic N) is 2. The molecule has 2 aromatic carbocycles. The van der Waals surface area contributed by atoms with E-state index in [4.69, 9.17) is 26.2 Å². The number of nitrogens with one attached hydrogen (secondary N) is 3. The minimum absolute atomic E-state index is 0.00507. The quantitative estimate of drug-likeness (QED) is 0.192. The molecule has 11 nitrogen and oxygen atoms in total. The van der Waals surface area contributed by atoms with Gasteiger partial charge in [-0.15, -0.1) is 11.3 Å². The molecule has 1 amide bonds. The number of sulfonamides is 1. The van der Waals surface area contributed by atoms with Crippen molar-refractivity contribution in [1.29, 1.82) is 0 Å². The molecule has 4 N–H and O–H groups in total. The maximum absolute atomic E-state index is 13.0. The number of amides is 1. The van der Waals surface area contributed by atoms with Gasteiger partial charge < -0.3 is 20.5 Å². The van der Waals surface area contributed by atoms with Crippen molar-refractivity contribution < 1.29 is 41.0 Å². The SMILES string of the molecule is COc1cccc2c1c(NS(=O)(=O)c1ccc(Cl)s1)nn2Cc1cccc(CNC(=O)[C@]2(C)CCCN2)c1.O=C(O)C(F)(F)F. The Hall–Kier alpha value is -3.86. The summed E-state index contributed by atoms with van der Waals surface area (Å²) in [6, 6.07) is 16.3. The first kappa shape index (κ1) is 34.0. The number of hydrogen-bond donors (Lipinski definition) is 4. The first-order chi connectivity index (χ1) is 21.1. The second-order valence-corrected chi connectivity index (χ2v) is 13.8. The molecule has 1 aliphatic heterocycles. The zero-order valence-electron chi connectivity index (χ0n) is 23.9. The summed E-state index contributed by atoms with van der Waals surface area (Å²) >= 11 is 6.93.